The molecule has 122 valence electrons. The Morgan fingerprint density at radius 2 is 1.23 bits per heavy atom. The molecule has 0 amide bonds. The summed E-state index contributed by atoms with van der Waals surface area (Å²) in [5.41, 5.74) is 4.59. The van der Waals surface area contributed by atoms with E-state index in [1.807, 2.05) is 72.8 Å². The van der Waals surface area contributed by atoms with Crippen LogP contribution in [0.1, 0.15) is 5.56 Å². The minimum Gasteiger partial charge on any atom is -0.217 e. The molecule has 1 heterocycles. The first-order chi connectivity index (χ1) is 12.8. The van der Waals surface area contributed by atoms with Crippen LogP contribution in [0.5, 0.6) is 0 Å². The van der Waals surface area contributed by atoms with Crippen molar-refractivity contribution >= 4 is 0 Å². The SMILES string of the molecule is N#Cc1cccc(-c2ccc(-c3ncnc(-c4ccccc4)n3)cc2)c1. The fourth-order valence-electron chi connectivity index (χ4n) is 2.74. The predicted octanol–water partition coefficient (Wildman–Crippen LogP) is 4.74. The topological polar surface area (TPSA) is 62.5 Å². The van der Waals surface area contributed by atoms with Gasteiger partial charge in [-0.05, 0) is 23.3 Å². The van der Waals surface area contributed by atoms with Gasteiger partial charge in [-0.2, -0.15) is 5.26 Å². The third-order valence-corrected chi connectivity index (χ3v) is 4.07. The summed E-state index contributed by atoms with van der Waals surface area (Å²) in [7, 11) is 0. The van der Waals surface area contributed by atoms with Crippen molar-refractivity contribution in [2.24, 2.45) is 0 Å². The van der Waals surface area contributed by atoms with Crippen LogP contribution in [-0.2, 0) is 0 Å². The van der Waals surface area contributed by atoms with Crippen LogP contribution in [0.4, 0.5) is 0 Å². The maximum atomic E-state index is 9.05. The molecule has 3 aromatic carbocycles. The zero-order valence-electron chi connectivity index (χ0n) is 13.9. The van der Waals surface area contributed by atoms with Crippen molar-refractivity contribution in [1.29, 1.82) is 5.26 Å². The molecule has 0 unspecified atom stereocenters. The van der Waals surface area contributed by atoms with Crippen molar-refractivity contribution in [1.82, 2.24) is 15.0 Å². The maximum absolute atomic E-state index is 9.05. The third kappa shape index (κ3) is 3.19. The first-order valence-electron chi connectivity index (χ1n) is 8.19. The van der Waals surface area contributed by atoms with Crippen LogP contribution in [-0.4, -0.2) is 15.0 Å². The number of hydrogen-bond donors (Lipinski definition) is 0. The lowest BCUT2D eigenvalue weighted by Gasteiger charge is -2.06. The molecule has 4 heteroatoms. The number of aromatic nitrogens is 3. The van der Waals surface area contributed by atoms with Gasteiger partial charge in [0.05, 0.1) is 11.6 Å². The summed E-state index contributed by atoms with van der Waals surface area (Å²) in [6.07, 6.45) is 1.54. The Hall–Kier alpha value is -3.84. The molecule has 0 saturated heterocycles. The van der Waals surface area contributed by atoms with Crippen molar-refractivity contribution in [3.05, 3.63) is 90.8 Å². The lowest BCUT2D eigenvalue weighted by Crippen LogP contribution is -1.95. The summed E-state index contributed by atoms with van der Waals surface area (Å²) < 4.78 is 0. The monoisotopic (exact) mass is 334 g/mol. The predicted molar refractivity (Wildman–Crippen MR) is 101 cm³/mol. The molecule has 0 aliphatic carbocycles. The van der Waals surface area contributed by atoms with E-state index in [-0.39, 0.29) is 0 Å². The molecule has 1 aromatic heterocycles. The third-order valence-electron chi connectivity index (χ3n) is 4.07. The van der Waals surface area contributed by atoms with Crippen molar-refractivity contribution in [2.45, 2.75) is 0 Å². The zero-order chi connectivity index (χ0) is 17.8. The fraction of sp³-hybridized carbons (Fsp3) is 0. The minimum atomic E-state index is 0.635. The van der Waals surface area contributed by atoms with Gasteiger partial charge in [0, 0.05) is 11.1 Å². The highest BCUT2D eigenvalue weighted by Gasteiger charge is 2.06. The van der Waals surface area contributed by atoms with Crippen LogP contribution in [0.25, 0.3) is 33.9 Å². The van der Waals surface area contributed by atoms with Crippen LogP contribution in [0.2, 0.25) is 0 Å². The van der Waals surface area contributed by atoms with Gasteiger partial charge >= 0.3 is 0 Å². The van der Waals surface area contributed by atoms with Crippen LogP contribution in [0.3, 0.4) is 0 Å². The van der Waals surface area contributed by atoms with E-state index in [1.165, 1.54) is 6.33 Å². The molecule has 4 aromatic rings. The van der Waals surface area contributed by atoms with Crippen LogP contribution in [0.15, 0.2) is 85.2 Å². The van der Waals surface area contributed by atoms with Crippen LogP contribution < -0.4 is 0 Å². The second-order valence-electron chi connectivity index (χ2n) is 5.77. The fourth-order valence-corrected chi connectivity index (χ4v) is 2.74. The largest absolute Gasteiger partial charge is 0.217 e. The number of rotatable bonds is 3. The highest BCUT2D eigenvalue weighted by atomic mass is 15.0. The van der Waals surface area contributed by atoms with E-state index in [1.54, 1.807) is 6.07 Å². The van der Waals surface area contributed by atoms with E-state index < -0.39 is 0 Å². The van der Waals surface area contributed by atoms with E-state index in [9.17, 15) is 0 Å². The summed E-state index contributed by atoms with van der Waals surface area (Å²) in [6.45, 7) is 0. The molecule has 0 radical (unpaired) electrons. The van der Waals surface area contributed by atoms with E-state index in [2.05, 4.69) is 21.0 Å². The number of nitrogens with zero attached hydrogens (tertiary/aromatic N) is 4. The van der Waals surface area contributed by atoms with Gasteiger partial charge in [-0.3, -0.25) is 0 Å². The van der Waals surface area contributed by atoms with Gasteiger partial charge in [0.2, 0.25) is 0 Å². The van der Waals surface area contributed by atoms with Gasteiger partial charge in [0.1, 0.15) is 6.33 Å². The molecule has 26 heavy (non-hydrogen) atoms. The lowest BCUT2D eigenvalue weighted by atomic mass is 10.0. The number of hydrogen-bond acceptors (Lipinski definition) is 4. The average molecular weight is 334 g/mol. The first-order valence-corrected chi connectivity index (χ1v) is 8.19. The molecule has 0 aliphatic rings. The Morgan fingerprint density at radius 1 is 0.615 bits per heavy atom. The van der Waals surface area contributed by atoms with Crippen molar-refractivity contribution in [3.63, 3.8) is 0 Å². The Morgan fingerprint density at radius 3 is 1.92 bits per heavy atom. The highest BCUT2D eigenvalue weighted by Crippen LogP contribution is 2.24. The molecule has 4 rings (SSSR count). The summed E-state index contributed by atoms with van der Waals surface area (Å²) in [5, 5.41) is 9.05. The van der Waals surface area contributed by atoms with E-state index in [4.69, 9.17) is 5.26 Å². The van der Waals surface area contributed by atoms with Crippen molar-refractivity contribution in [3.8, 4) is 40.0 Å². The molecule has 0 fully saturated rings. The molecule has 0 saturated carbocycles. The van der Waals surface area contributed by atoms with Gasteiger partial charge in [0.25, 0.3) is 0 Å². The van der Waals surface area contributed by atoms with Gasteiger partial charge in [0.15, 0.2) is 11.6 Å². The zero-order valence-corrected chi connectivity index (χ0v) is 13.9. The molecule has 0 bridgehead atoms. The smallest absolute Gasteiger partial charge is 0.163 e. The van der Waals surface area contributed by atoms with Gasteiger partial charge in [-0.1, -0.05) is 66.7 Å². The summed E-state index contributed by atoms with van der Waals surface area (Å²) in [6, 6.07) is 27.6. The first kappa shape index (κ1) is 15.7. The lowest BCUT2D eigenvalue weighted by molar-refractivity contribution is 1.07. The van der Waals surface area contributed by atoms with E-state index in [0.717, 1.165) is 22.3 Å². The molecule has 0 N–H and O–H groups in total. The van der Waals surface area contributed by atoms with Gasteiger partial charge in [-0.15, -0.1) is 0 Å². The second-order valence-corrected chi connectivity index (χ2v) is 5.77. The Balaban J connectivity index is 1.66. The Kier molecular flexibility index (Phi) is 4.19. The highest BCUT2D eigenvalue weighted by molar-refractivity contribution is 5.69. The van der Waals surface area contributed by atoms with Gasteiger partial charge < -0.3 is 0 Å². The summed E-state index contributed by atoms with van der Waals surface area (Å²) in [4.78, 5) is 13.1. The Bertz CT molecular complexity index is 1080. The summed E-state index contributed by atoms with van der Waals surface area (Å²) in [5.74, 6) is 1.29. The molecular weight excluding hydrogens is 320 g/mol. The maximum Gasteiger partial charge on any atom is 0.163 e. The number of benzene rings is 3. The van der Waals surface area contributed by atoms with Crippen LogP contribution >= 0.6 is 0 Å². The quantitative estimate of drug-likeness (QED) is 0.542. The summed E-state index contributed by atoms with van der Waals surface area (Å²) >= 11 is 0. The Labute approximate surface area is 151 Å². The molecule has 0 spiro atoms. The molecular formula is C22H14N4. The standard InChI is InChI=1S/C22H14N4/c23-14-16-5-4-8-20(13-16)17-9-11-19(12-10-17)22-25-15-24-21(26-22)18-6-2-1-3-7-18/h1-13,15H. The second kappa shape index (κ2) is 6.96. The minimum absolute atomic E-state index is 0.635. The van der Waals surface area contributed by atoms with Gasteiger partial charge in [-0.25, -0.2) is 15.0 Å². The average Bonchev–Trinajstić information content (AvgIpc) is 2.75. The normalized spacial score (nSPS) is 10.3. The number of nitriles is 1. The van der Waals surface area contributed by atoms with Crippen molar-refractivity contribution < 1.29 is 0 Å². The van der Waals surface area contributed by atoms with E-state index >= 15 is 0 Å². The van der Waals surface area contributed by atoms with E-state index in [0.29, 0.717) is 17.2 Å². The molecule has 4 nitrogen and oxygen atoms in total. The molecule has 0 aliphatic heterocycles. The van der Waals surface area contributed by atoms with Crippen molar-refractivity contribution in [2.75, 3.05) is 0 Å². The van der Waals surface area contributed by atoms with Crippen LogP contribution in [0, 0.1) is 11.3 Å². The molecule has 0 atom stereocenters.